The SMILES string of the molecule is C/C=C\[C@H]1CO[C@H](CCC2COC(c3cc(F)c(OCC(F)(F)F)c(F)c3)OC2)OC1. The minimum atomic E-state index is -4.70. The van der Waals surface area contributed by atoms with Crippen molar-refractivity contribution in [1.29, 1.82) is 0 Å². The largest absolute Gasteiger partial charge is 0.478 e. The highest BCUT2D eigenvalue weighted by Gasteiger charge is 2.31. The third-order valence-electron chi connectivity index (χ3n) is 4.91. The highest BCUT2D eigenvalue weighted by Crippen LogP contribution is 2.32. The molecule has 31 heavy (non-hydrogen) atoms. The third-order valence-corrected chi connectivity index (χ3v) is 4.91. The molecule has 2 saturated heterocycles. The number of rotatable bonds is 7. The van der Waals surface area contributed by atoms with Crippen LogP contribution in [-0.2, 0) is 18.9 Å². The zero-order valence-electron chi connectivity index (χ0n) is 17.0. The van der Waals surface area contributed by atoms with E-state index < -0.39 is 36.5 Å². The van der Waals surface area contributed by atoms with Gasteiger partial charge in [0.25, 0.3) is 0 Å². The van der Waals surface area contributed by atoms with Crippen LogP contribution in [0, 0.1) is 23.5 Å². The monoisotopic (exact) mass is 452 g/mol. The molecule has 10 heteroatoms. The summed E-state index contributed by atoms with van der Waals surface area (Å²) >= 11 is 0. The topological polar surface area (TPSA) is 46.2 Å². The summed E-state index contributed by atoms with van der Waals surface area (Å²) in [5.74, 6) is -3.28. The lowest BCUT2D eigenvalue weighted by atomic mass is 10.0. The van der Waals surface area contributed by atoms with Crippen molar-refractivity contribution in [2.75, 3.05) is 33.0 Å². The van der Waals surface area contributed by atoms with Crippen LogP contribution in [0.25, 0.3) is 0 Å². The summed E-state index contributed by atoms with van der Waals surface area (Å²) < 4.78 is 91.4. The molecule has 174 valence electrons. The number of benzene rings is 1. The molecule has 0 amide bonds. The summed E-state index contributed by atoms with van der Waals surface area (Å²) in [6.45, 7) is 1.97. The lowest BCUT2D eigenvalue weighted by Crippen LogP contribution is -2.33. The van der Waals surface area contributed by atoms with Crippen LogP contribution in [0.4, 0.5) is 22.0 Å². The second kappa shape index (κ2) is 10.7. The van der Waals surface area contributed by atoms with Crippen LogP contribution in [0.5, 0.6) is 5.75 Å². The van der Waals surface area contributed by atoms with Gasteiger partial charge in [0.15, 0.2) is 36.6 Å². The number of alkyl halides is 3. The number of ether oxygens (including phenoxy) is 5. The molecule has 0 radical (unpaired) electrons. The Morgan fingerprint density at radius 1 is 0.968 bits per heavy atom. The molecule has 0 aromatic heterocycles. The van der Waals surface area contributed by atoms with Crippen LogP contribution in [-0.4, -0.2) is 45.5 Å². The van der Waals surface area contributed by atoms with Crippen molar-refractivity contribution in [3.8, 4) is 5.75 Å². The van der Waals surface area contributed by atoms with Crippen molar-refractivity contribution in [3.63, 3.8) is 0 Å². The van der Waals surface area contributed by atoms with Crippen LogP contribution in [0.2, 0.25) is 0 Å². The molecular weight excluding hydrogens is 427 g/mol. The molecule has 2 aliphatic heterocycles. The van der Waals surface area contributed by atoms with Crippen molar-refractivity contribution in [3.05, 3.63) is 41.5 Å². The summed E-state index contributed by atoms with van der Waals surface area (Å²) in [6.07, 6.45) is -0.611. The average Bonchev–Trinajstić information content (AvgIpc) is 2.72. The first-order valence-electron chi connectivity index (χ1n) is 10.0. The molecule has 0 N–H and O–H groups in total. The molecule has 0 atom stereocenters. The number of hydrogen-bond donors (Lipinski definition) is 0. The van der Waals surface area contributed by atoms with Crippen molar-refractivity contribution >= 4 is 0 Å². The number of halogens is 5. The fourth-order valence-corrected chi connectivity index (χ4v) is 3.39. The number of allylic oxidation sites excluding steroid dienone is 1. The summed E-state index contributed by atoms with van der Waals surface area (Å²) in [7, 11) is 0. The van der Waals surface area contributed by atoms with Crippen molar-refractivity contribution in [2.24, 2.45) is 11.8 Å². The summed E-state index contributed by atoms with van der Waals surface area (Å²) in [5.41, 5.74) is 0.0294. The zero-order chi connectivity index (χ0) is 22.4. The van der Waals surface area contributed by atoms with Gasteiger partial charge in [-0.15, -0.1) is 0 Å². The van der Waals surface area contributed by atoms with E-state index in [-0.39, 0.29) is 23.7 Å². The van der Waals surface area contributed by atoms with E-state index in [4.69, 9.17) is 18.9 Å². The van der Waals surface area contributed by atoms with Gasteiger partial charge in [-0.2, -0.15) is 13.2 Å². The van der Waals surface area contributed by atoms with Gasteiger partial charge in [0.1, 0.15) is 0 Å². The normalized spacial score (nSPS) is 27.5. The first kappa shape index (κ1) is 23.9. The van der Waals surface area contributed by atoms with Gasteiger partial charge in [-0.3, -0.25) is 0 Å². The van der Waals surface area contributed by atoms with Gasteiger partial charge < -0.3 is 23.7 Å². The zero-order valence-corrected chi connectivity index (χ0v) is 17.0. The second-order valence-electron chi connectivity index (χ2n) is 7.54. The van der Waals surface area contributed by atoms with E-state index >= 15 is 0 Å². The minimum absolute atomic E-state index is 0.0294. The van der Waals surface area contributed by atoms with E-state index in [0.717, 1.165) is 18.6 Å². The quantitative estimate of drug-likeness (QED) is 0.435. The molecule has 1 aromatic carbocycles. The summed E-state index contributed by atoms with van der Waals surface area (Å²) in [5, 5.41) is 0. The smallest absolute Gasteiger partial charge is 0.422 e. The van der Waals surface area contributed by atoms with Gasteiger partial charge in [-0.25, -0.2) is 8.78 Å². The highest BCUT2D eigenvalue weighted by molar-refractivity contribution is 5.32. The second-order valence-corrected chi connectivity index (χ2v) is 7.54. The van der Waals surface area contributed by atoms with Crippen molar-refractivity contribution < 1.29 is 45.6 Å². The predicted octanol–water partition coefficient (Wildman–Crippen LogP) is 4.91. The minimum Gasteiger partial charge on any atom is -0.478 e. The van der Waals surface area contributed by atoms with E-state index in [1.54, 1.807) is 0 Å². The molecule has 2 aliphatic rings. The van der Waals surface area contributed by atoms with E-state index in [9.17, 15) is 22.0 Å². The van der Waals surface area contributed by atoms with Crippen molar-refractivity contribution in [1.82, 2.24) is 0 Å². The Bertz CT molecular complexity index is 715. The summed E-state index contributed by atoms with van der Waals surface area (Å²) in [4.78, 5) is 0. The Morgan fingerprint density at radius 2 is 1.58 bits per heavy atom. The Kier molecular flexibility index (Phi) is 8.26. The fourth-order valence-electron chi connectivity index (χ4n) is 3.39. The maximum Gasteiger partial charge on any atom is 0.422 e. The van der Waals surface area contributed by atoms with Crippen LogP contribution < -0.4 is 4.74 Å². The van der Waals surface area contributed by atoms with Crippen LogP contribution in [0.3, 0.4) is 0 Å². The van der Waals surface area contributed by atoms with Gasteiger partial charge in [0.2, 0.25) is 0 Å². The van der Waals surface area contributed by atoms with E-state index in [1.165, 1.54) is 0 Å². The maximum absolute atomic E-state index is 14.0. The van der Waals surface area contributed by atoms with Crippen LogP contribution in [0.15, 0.2) is 24.3 Å². The molecule has 0 unspecified atom stereocenters. The molecular formula is C21H25F5O5. The standard InChI is InChI=1S/C21H25F5O5/c1-2-3-13-8-27-18(28-9-13)5-4-14-10-29-20(30-11-14)15-6-16(22)19(17(23)7-15)31-12-21(24,25)26/h2-3,6-7,13-14,18,20H,4-5,8-12H2,1H3/b3-2-/t13-,14?,18-,20?. The Hall–Kier alpha value is -1.75. The van der Waals surface area contributed by atoms with Crippen LogP contribution in [0.1, 0.15) is 31.6 Å². The van der Waals surface area contributed by atoms with Gasteiger partial charge in [0, 0.05) is 17.4 Å². The molecule has 5 nitrogen and oxygen atoms in total. The Labute approximate surface area is 177 Å². The lowest BCUT2D eigenvalue weighted by Gasteiger charge is -2.32. The van der Waals surface area contributed by atoms with Gasteiger partial charge in [-0.05, 0) is 31.9 Å². The maximum atomic E-state index is 14.0. The fraction of sp³-hybridized carbons (Fsp3) is 0.619. The van der Waals surface area contributed by atoms with Gasteiger partial charge in [-0.1, -0.05) is 12.2 Å². The molecule has 0 bridgehead atoms. The first-order valence-corrected chi connectivity index (χ1v) is 10.0. The molecule has 0 saturated carbocycles. The van der Waals surface area contributed by atoms with Crippen molar-refractivity contribution in [2.45, 2.75) is 38.5 Å². The lowest BCUT2D eigenvalue weighted by molar-refractivity contribution is -0.217. The molecule has 2 fully saturated rings. The van der Waals surface area contributed by atoms with Gasteiger partial charge in [0.05, 0.1) is 26.4 Å². The average molecular weight is 452 g/mol. The highest BCUT2D eigenvalue weighted by atomic mass is 19.4. The third kappa shape index (κ3) is 7.13. The number of hydrogen-bond acceptors (Lipinski definition) is 5. The van der Waals surface area contributed by atoms with Gasteiger partial charge >= 0.3 is 6.18 Å². The van der Waals surface area contributed by atoms with E-state index in [1.807, 2.05) is 19.1 Å². The molecule has 0 spiro atoms. The first-order chi connectivity index (χ1) is 14.7. The Morgan fingerprint density at radius 3 is 2.13 bits per heavy atom. The molecule has 2 heterocycles. The predicted molar refractivity (Wildman–Crippen MR) is 99.3 cm³/mol. The van der Waals surface area contributed by atoms with E-state index in [2.05, 4.69) is 4.74 Å². The molecule has 0 aliphatic carbocycles. The van der Waals surface area contributed by atoms with Crippen LogP contribution >= 0.6 is 0 Å². The Balaban J connectivity index is 1.45. The van der Waals surface area contributed by atoms with E-state index in [0.29, 0.717) is 32.8 Å². The molecule has 3 rings (SSSR count). The summed E-state index contributed by atoms with van der Waals surface area (Å²) in [6, 6.07) is 1.70. The molecule has 1 aromatic rings.